The van der Waals surface area contributed by atoms with Crippen LogP contribution in [0, 0.1) is 0 Å². The summed E-state index contributed by atoms with van der Waals surface area (Å²) in [4.78, 5) is 23.1. The number of ketones is 2. The molecule has 4 nitrogen and oxygen atoms in total. The normalized spacial score (nSPS) is 10.5. The number of allylic oxidation sites excluding steroid dienone is 1. The fraction of sp³-hybridized carbons (Fsp3) is 0.111. The van der Waals surface area contributed by atoms with Crippen LogP contribution in [0.5, 0.6) is 5.75 Å². The maximum absolute atomic E-state index is 12.0. The number of anilines is 1. The smallest absolute Gasteiger partial charge is 0.187 e. The van der Waals surface area contributed by atoms with Crippen molar-refractivity contribution in [1.29, 1.82) is 0 Å². The second kappa shape index (κ2) is 7.22. The predicted octanol–water partition coefficient (Wildman–Crippen LogP) is 3.71. The quantitative estimate of drug-likeness (QED) is 0.652. The number of hydrogen-bond acceptors (Lipinski definition) is 4. The van der Waals surface area contributed by atoms with E-state index in [1.54, 1.807) is 61.8 Å². The zero-order valence-electron chi connectivity index (χ0n) is 12.5. The Balaban J connectivity index is 1.96. The highest BCUT2D eigenvalue weighted by Gasteiger charge is 2.02. The van der Waals surface area contributed by atoms with E-state index in [1.165, 1.54) is 13.0 Å². The first kappa shape index (κ1) is 15.5. The number of benzene rings is 2. The van der Waals surface area contributed by atoms with Gasteiger partial charge in [0, 0.05) is 29.1 Å². The summed E-state index contributed by atoms with van der Waals surface area (Å²) in [5.74, 6) is 0.636. The summed E-state index contributed by atoms with van der Waals surface area (Å²) in [6.45, 7) is 1.52. The summed E-state index contributed by atoms with van der Waals surface area (Å²) < 4.78 is 5.05. The van der Waals surface area contributed by atoms with Crippen LogP contribution in [0.3, 0.4) is 0 Å². The molecule has 0 spiro atoms. The Bertz CT molecular complexity index is 685. The second-order valence-corrected chi connectivity index (χ2v) is 4.70. The van der Waals surface area contributed by atoms with Gasteiger partial charge in [-0.1, -0.05) is 0 Å². The molecule has 112 valence electrons. The molecule has 0 fully saturated rings. The molecule has 0 aromatic heterocycles. The molecule has 0 aliphatic heterocycles. The highest BCUT2D eigenvalue weighted by Crippen LogP contribution is 2.13. The number of carbonyl (C=O) groups is 2. The summed E-state index contributed by atoms with van der Waals surface area (Å²) in [5, 5.41) is 3.00. The number of rotatable bonds is 6. The fourth-order valence-electron chi connectivity index (χ4n) is 1.87. The van der Waals surface area contributed by atoms with E-state index in [9.17, 15) is 9.59 Å². The second-order valence-electron chi connectivity index (χ2n) is 4.70. The monoisotopic (exact) mass is 295 g/mol. The number of nitrogens with one attached hydrogen (secondary N) is 1. The minimum Gasteiger partial charge on any atom is -0.497 e. The van der Waals surface area contributed by atoms with Gasteiger partial charge in [0.25, 0.3) is 0 Å². The van der Waals surface area contributed by atoms with Gasteiger partial charge in [0.1, 0.15) is 5.75 Å². The van der Waals surface area contributed by atoms with Crippen molar-refractivity contribution in [3.8, 4) is 5.75 Å². The van der Waals surface area contributed by atoms with E-state index in [1.807, 2.05) is 0 Å². The lowest BCUT2D eigenvalue weighted by molar-refractivity contribution is 0.101. The Morgan fingerprint density at radius 1 is 0.955 bits per heavy atom. The number of Topliss-reactive ketones (excluding diaryl/α,β-unsaturated/α-hetero) is 1. The zero-order valence-corrected chi connectivity index (χ0v) is 12.5. The summed E-state index contributed by atoms with van der Waals surface area (Å²) in [5.41, 5.74) is 2.05. The van der Waals surface area contributed by atoms with Crippen LogP contribution in [0.1, 0.15) is 27.6 Å². The Morgan fingerprint density at radius 2 is 1.55 bits per heavy atom. The summed E-state index contributed by atoms with van der Waals surface area (Å²) in [6.07, 6.45) is 3.04. The van der Waals surface area contributed by atoms with Crippen molar-refractivity contribution in [3.63, 3.8) is 0 Å². The molecule has 0 saturated heterocycles. The molecule has 0 radical (unpaired) electrons. The van der Waals surface area contributed by atoms with E-state index in [4.69, 9.17) is 4.74 Å². The lowest BCUT2D eigenvalue weighted by Gasteiger charge is -2.02. The van der Waals surface area contributed by atoms with Gasteiger partial charge in [-0.2, -0.15) is 0 Å². The van der Waals surface area contributed by atoms with Gasteiger partial charge in [0.05, 0.1) is 7.11 Å². The molecule has 0 unspecified atom stereocenters. The molecule has 0 heterocycles. The minimum absolute atomic E-state index is 0.0248. The molecular formula is C18H17NO3. The maximum atomic E-state index is 12.0. The molecule has 2 aromatic carbocycles. The van der Waals surface area contributed by atoms with Gasteiger partial charge in [0.2, 0.25) is 0 Å². The van der Waals surface area contributed by atoms with Crippen LogP contribution in [0.15, 0.2) is 60.8 Å². The standard InChI is InChI=1S/C18H17NO3/c1-13(20)14-3-7-16(8-4-14)19-12-11-18(21)15-5-9-17(22-2)10-6-15/h3-12,19H,1-2H3. The van der Waals surface area contributed by atoms with Gasteiger partial charge in [-0.25, -0.2) is 0 Å². The molecule has 0 atom stereocenters. The Hall–Kier alpha value is -2.88. The molecule has 1 N–H and O–H groups in total. The average Bonchev–Trinajstić information content (AvgIpc) is 2.55. The number of methoxy groups -OCH3 is 1. The first-order valence-electron chi connectivity index (χ1n) is 6.82. The highest BCUT2D eigenvalue weighted by molar-refractivity contribution is 6.04. The molecule has 0 amide bonds. The van der Waals surface area contributed by atoms with E-state index in [0.29, 0.717) is 16.9 Å². The highest BCUT2D eigenvalue weighted by atomic mass is 16.5. The molecular weight excluding hydrogens is 278 g/mol. The summed E-state index contributed by atoms with van der Waals surface area (Å²) in [6, 6.07) is 14.0. The third-order valence-corrected chi connectivity index (χ3v) is 3.15. The van der Waals surface area contributed by atoms with Crippen LogP contribution in [0.2, 0.25) is 0 Å². The lowest BCUT2D eigenvalue weighted by Crippen LogP contribution is -1.97. The molecule has 2 rings (SSSR count). The van der Waals surface area contributed by atoms with Crippen molar-refractivity contribution in [2.24, 2.45) is 0 Å². The van der Waals surface area contributed by atoms with Crippen molar-refractivity contribution in [1.82, 2.24) is 0 Å². The predicted molar refractivity (Wildman–Crippen MR) is 86.5 cm³/mol. The number of ether oxygens (including phenoxy) is 1. The van der Waals surface area contributed by atoms with Gasteiger partial charge in [-0.3, -0.25) is 9.59 Å². The van der Waals surface area contributed by atoms with Crippen LogP contribution < -0.4 is 10.1 Å². The zero-order chi connectivity index (χ0) is 15.9. The van der Waals surface area contributed by atoms with Gasteiger partial charge in [0.15, 0.2) is 11.6 Å². The number of hydrogen-bond donors (Lipinski definition) is 1. The van der Waals surface area contributed by atoms with Gasteiger partial charge < -0.3 is 10.1 Å². The lowest BCUT2D eigenvalue weighted by atomic mass is 10.1. The van der Waals surface area contributed by atoms with E-state index in [0.717, 1.165) is 5.69 Å². The van der Waals surface area contributed by atoms with E-state index >= 15 is 0 Å². The van der Waals surface area contributed by atoms with Crippen LogP contribution in [-0.2, 0) is 0 Å². The van der Waals surface area contributed by atoms with Crippen molar-refractivity contribution < 1.29 is 14.3 Å². The Kier molecular flexibility index (Phi) is 5.09. The van der Waals surface area contributed by atoms with Crippen molar-refractivity contribution in [2.75, 3.05) is 12.4 Å². The SMILES string of the molecule is COc1ccc(C(=O)C=CNc2ccc(C(C)=O)cc2)cc1. The summed E-state index contributed by atoms with van der Waals surface area (Å²) >= 11 is 0. The Morgan fingerprint density at radius 3 is 2.09 bits per heavy atom. The molecule has 22 heavy (non-hydrogen) atoms. The number of carbonyl (C=O) groups excluding carboxylic acids is 2. The molecule has 0 bridgehead atoms. The van der Waals surface area contributed by atoms with Crippen LogP contribution in [0.4, 0.5) is 5.69 Å². The topological polar surface area (TPSA) is 55.4 Å². The van der Waals surface area contributed by atoms with Crippen molar-refractivity contribution in [2.45, 2.75) is 6.92 Å². The molecule has 0 aliphatic carbocycles. The largest absolute Gasteiger partial charge is 0.497 e. The van der Waals surface area contributed by atoms with Gasteiger partial charge in [-0.05, 0) is 55.5 Å². The summed E-state index contributed by atoms with van der Waals surface area (Å²) in [7, 11) is 1.58. The Labute approximate surface area is 129 Å². The van der Waals surface area contributed by atoms with E-state index < -0.39 is 0 Å². The molecule has 0 aliphatic rings. The maximum Gasteiger partial charge on any atom is 0.187 e. The van der Waals surface area contributed by atoms with Crippen molar-refractivity contribution in [3.05, 3.63) is 71.9 Å². The van der Waals surface area contributed by atoms with Crippen LogP contribution in [-0.4, -0.2) is 18.7 Å². The average molecular weight is 295 g/mol. The molecule has 0 saturated carbocycles. The minimum atomic E-state index is -0.101. The first-order valence-corrected chi connectivity index (χ1v) is 6.82. The van der Waals surface area contributed by atoms with Crippen molar-refractivity contribution >= 4 is 17.3 Å². The van der Waals surface area contributed by atoms with Gasteiger partial charge >= 0.3 is 0 Å². The van der Waals surface area contributed by atoms with Gasteiger partial charge in [-0.15, -0.1) is 0 Å². The third-order valence-electron chi connectivity index (χ3n) is 3.15. The molecule has 4 heteroatoms. The third kappa shape index (κ3) is 4.06. The first-order chi connectivity index (χ1) is 10.6. The molecule has 2 aromatic rings. The van der Waals surface area contributed by atoms with E-state index in [2.05, 4.69) is 5.32 Å². The van der Waals surface area contributed by atoms with E-state index in [-0.39, 0.29) is 11.6 Å². The van der Waals surface area contributed by atoms with Crippen LogP contribution in [0.25, 0.3) is 0 Å². The van der Waals surface area contributed by atoms with Crippen LogP contribution >= 0.6 is 0 Å². The fourth-order valence-corrected chi connectivity index (χ4v) is 1.87.